The summed E-state index contributed by atoms with van der Waals surface area (Å²) < 4.78 is 0. The summed E-state index contributed by atoms with van der Waals surface area (Å²) in [5.41, 5.74) is 0.627. The smallest absolute Gasteiger partial charge is 0.154 e. The lowest BCUT2D eigenvalue weighted by molar-refractivity contribution is -0.119. The third kappa shape index (κ3) is 4.16. The summed E-state index contributed by atoms with van der Waals surface area (Å²) in [6, 6.07) is 9.13. The Morgan fingerprint density at radius 1 is 1.33 bits per heavy atom. The van der Waals surface area contributed by atoms with Crippen molar-refractivity contribution >= 4 is 17.4 Å². The van der Waals surface area contributed by atoms with Crippen LogP contribution in [0.2, 0.25) is 5.02 Å². The van der Waals surface area contributed by atoms with Crippen molar-refractivity contribution in [3.8, 4) is 6.07 Å². The molecule has 0 radical (unpaired) electrons. The highest BCUT2D eigenvalue weighted by molar-refractivity contribution is 6.31. The van der Waals surface area contributed by atoms with Gasteiger partial charge in [0, 0.05) is 11.4 Å². The van der Waals surface area contributed by atoms with Gasteiger partial charge in [-0.25, -0.2) is 0 Å². The van der Waals surface area contributed by atoms with Crippen molar-refractivity contribution in [1.29, 1.82) is 5.26 Å². The highest BCUT2D eigenvalue weighted by atomic mass is 35.5. The van der Waals surface area contributed by atoms with Crippen LogP contribution in [0.15, 0.2) is 24.3 Å². The first-order valence-electron chi connectivity index (χ1n) is 6.37. The molecular formula is C15H18ClNO. The number of benzene rings is 1. The van der Waals surface area contributed by atoms with E-state index in [9.17, 15) is 4.79 Å². The van der Waals surface area contributed by atoms with Gasteiger partial charge in [-0.2, -0.15) is 5.26 Å². The van der Waals surface area contributed by atoms with Gasteiger partial charge in [0.2, 0.25) is 0 Å². The van der Waals surface area contributed by atoms with Gasteiger partial charge in [-0.3, -0.25) is 4.79 Å². The molecule has 1 aromatic carbocycles. The Morgan fingerprint density at radius 2 is 2.06 bits per heavy atom. The Balaban J connectivity index is 2.64. The fourth-order valence-corrected chi connectivity index (χ4v) is 2.14. The largest absolute Gasteiger partial charge is 0.298 e. The van der Waals surface area contributed by atoms with Crippen molar-refractivity contribution in [2.45, 2.75) is 44.9 Å². The molecule has 1 atom stereocenters. The molecular weight excluding hydrogens is 246 g/mol. The molecule has 0 spiro atoms. The Bertz CT molecular complexity index is 436. The zero-order chi connectivity index (χ0) is 13.4. The van der Waals surface area contributed by atoms with Gasteiger partial charge in [0.1, 0.15) is 5.92 Å². The first-order valence-corrected chi connectivity index (χ1v) is 6.75. The van der Waals surface area contributed by atoms with E-state index in [0.29, 0.717) is 17.0 Å². The molecule has 0 heterocycles. The minimum atomic E-state index is -0.722. The number of hydrogen-bond acceptors (Lipinski definition) is 2. The molecule has 2 nitrogen and oxygen atoms in total. The summed E-state index contributed by atoms with van der Waals surface area (Å²) in [4.78, 5) is 12.0. The third-order valence-electron chi connectivity index (χ3n) is 2.94. The van der Waals surface area contributed by atoms with Crippen molar-refractivity contribution in [1.82, 2.24) is 0 Å². The van der Waals surface area contributed by atoms with Gasteiger partial charge in [-0.05, 0) is 18.1 Å². The lowest BCUT2D eigenvalue weighted by Crippen LogP contribution is -2.11. The van der Waals surface area contributed by atoms with Crippen molar-refractivity contribution in [2.24, 2.45) is 0 Å². The average Bonchev–Trinajstić information content (AvgIpc) is 2.38. The van der Waals surface area contributed by atoms with Crippen LogP contribution in [0.4, 0.5) is 0 Å². The predicted molar refractivity (Wildman–Crippen MR) is 73.6 cm³/mol. The summed E-state index contributed by atoms with van der Waals surface area (Å²) >= 11 is 6.02. The van der Waals surface area contributed by atoms with Gasteiger partial charge in [0.05, 0.1) is 6.07 Å². The number of Topliss-reactive ketones (excluding diaryl/α,β-unsaturated/α-hetero) is 1. The van der Waals surface area contributed by atoms with Crippen LogP contribution in [-0.4, -0.2) is 5.78 Å². The SMILES string of the molecule is CCCCCCC(=O)C(C#N)c1ccccc1Cl. The quantitative estimate of drug-likeness (QED) is 0.680. The second-order valence-electron chi connectivity index (χ2n) is 4.36. The maximum absolute atomic E-state index is 12.0. The summed E-state index contributed by atoms with van der Waals surface area (Å²) in [6.07, 6.45) is 4.64. The van der Waals surface area contributed by atoms with Crippen molar-refractivity contribution in [3.63, 3.8) is 0 Å². The van der Waals surface area contributed by atoms with Gasteiger partial charge in [0.15, 0.2) is 5.78 Å². The maximum atomic E-state index is 12.0. The molecule has 0 aromatic heterocycles. The Kier molecular flexibility index (Phi) is 6.46. The molecule has 0 aliphatic heterocycles. The molecule has 0 amide bonds. The van der Waals surface area contributed by atoms with E-state index in [4.69, 9.17) is 16.9 Å². The second kappa shape index (κ2) is 7.89. The van der Waals surface area contributed by atoms with E-state index < -0.39 is 5.92 Å². The van der Waals surface area contributed by atoms with E-state index in [1.807, 2.05) is 0 Å². The minimum absolute atomic E-state index is 0.0262. The van der Waals surface area contributed by atoms with Crippen molar-refractivity contribution in [2.75, 3.05) is 0 Å². The fraction of sp³-hybridized carbons (Fsp3) is 0.467. The third-order valence-corrected chi connectivity index (χ3v) is 3.29. The summed E-state index contributed by atoms with van der Waals surface area (Å²) in [7, 11) is 0. The Morgan fingerprint density at radius 3 is 2.67 bits per heavy atom. The standard InChI is InChI=1S/C15H18ClNO/c1-2-3-4-5-10-15(18)13(11-17)12-8-6-7-9-14(12)16/h6-9,13H,2-5,10H2,1H3. The maximum Gasteiger partial charge on any atom is 0.154 e. The first kappa shape index (κ1) is 14.7. The predicted octanol–water partition coefficient (Wildman–Crippen LogP) is 4.49. The van der Waals surface area contributed by atoms with Gasteiger partial charge in [-0.15, -0.1) is 0 Å². The number of ketones is 1. The van der Waals surface area contributed by atoms with Crippen LogP contribution >= 0.6 is 11.6 Å². The lowest BCUT2D eigenvalue weighted by atomic mass is 9.93. The zero-order valence-electron chi connectivity index (χ0n) is 10.7. The molecule has 0 N–H and O–H groups in total. The number of nitriles is 1. The van der Waals surface area contributed by atoms with E-state index in [-0.39, 0.29) is 5.78 Å². The zero-order valence-corrected chi connectivity index (χ0v) is 11.4. The van der Waals surface area contributed by atoms with Gasteiger partial charge < -0.3 is 0 Å². The molecule has 3 heteroatoms. The van der Waals surface area contributed by atoms with Crippen molar-refractivity contribution < 1.29 is 4.79 Å². The monoisotopic (exact) mass is 263 g/mol. The summed E-state index contributed by atoms with van der Waals surface area (Å²) in [5.74, 6) is -0.748. The van der Waals surface area contributed by atoms with Gasteiger partial charge in [0.25, 0.3) is 0 Å². The lowest BCUT2D eigenvalue weighted by Gasteiger charge is -2.10. The number of carbonyl (C=O) groups excluding carboxylic acids is 1. The van der Waals surface area contributed by atoms with Crippen LogP contribution in [0.25, 0.3) is 0 Å². The molecule has 1 aromatic rings. The summed E-state index contributed by atoms with van der Waals surface area (Å²) in [5, 5.41) is 9.64. The van der Waals surface area contributed by atoms with Crippen LogP contribution in [-0.2, 0) is 4.79 Å². The van der Waals surface area contributed by atoms with E-state index in [1.165, 1.54) is 0 Å². The van der Waals surface area contributed by atoms with Crippen LogP contribution in [0.5, 0.6) is 0 Å². The number of hydrogen-bond donors (Lipinski definition) is 0. The molecule has 0 aliphatic rings. The molecule has 0 saturated carbocycles. The molecule has 96 valence electrons. The van der Waals surface area contributed by atoms with E-state index in [2.05, 4.69) is 13.0 Å². The molecule has 0 aliphatic carbocycles. The number of nitrogens with zero attached hydrogens (tertiary/aromatic N) is 1. The highest BCUT2D eigenvalue weighted by Crippen LogP contribution is 2.26. The van der Waals surface area contributed by atoms with Crippen LogP contribution < -0.4 is 0 Å². The summed E-state index contributed by atoms with van der Waals surface area (Å²) in [6.45, 7) is 2.13. The molecule has 0 saturated heterocycles. The van der Waals surface area contributed by atoms with Gasteiger partial charge in [-0.1, -0.05) is 56.0 Å². The van der Waals surface area contributed by atoms with E-state index >= 15 is 0 Å². The molecule has 1 unspecified atom stereocenters. The molecule has 1 rings (SSSR count). The highest BCUT2D eigenvalue weighted by Gasteiger charge is 2.21. The van der Waals surface area contributed by atoms with Crippen LogP contribution in [0.3, 0.4) is 0 Å². The average molecular weight is 264 g/mol. The number of halogens is 1. The first-order chi connectivity index (χ1) is 8.70. The molecule has 0 fully saturated rings. The number of rotatable bonds is 7. The minimum Gasteiger partial charge on any atom is -0.298 e. The molecule has 0 bridgehead atoms. The van der Waals surface area contributed by atoms with E-state index in [1.54, 1.807) is 24.3 Å². The fourth-order valence-electron chi connectivity index (χ4n) is 1.89. The van der Waals surface area contributed by atoms with Crippen molar-refractivity contribution in [3.05, 3.63) is 34.9 Å². The van der Waals surface area contributed by atoms with Crippen LogP contribution in [0, 0.1) is 11.3 Å². The topological polar surface area (TPSA) is 40.9 Å². The Labute approximate surface area is 114 Å². The number of unbranched alkanes of at least 4 members (excludes halogenated alkanes) is 3. The van der Waals surface area contributed by atoms with Crippen LogP contribution in [0.1, 0.15) is 50.5 Å². The number of carbonyl (C=O) groups is 1. The molecule has 18 heavy (non-hydrogen) atoms. The van der Waals surface area contributed by atoms with E-state index in [0.717, 1.165) is 25.7 Å². The van der Waals surface area contributed by atoms with Gasteiger partial charge >= 0.3 is 0 Å². The second-order valence-corrected chi connectivity index (χ2v) is 4.77. The Hall–Kier alpha value is -1.33. The normalized spacial score (nSPS) is 11.8.